The minimum absolute atomic E-state index is 0.0750. The first kappa shape index (κ1) is 12.1. The molecule has 1 aromatic carbocycles. The number of rotatable bonds is 4. The molecule has 0 saturated carbocycles. The van der Waals surface area contributed by atoms with E-state index in [-0.39, 0.29) is 5.69 Å². The molecule has 18 heavy (non-hydrogen) atoms. The highest BCUT2D eigenvalue weighted by molar-refractivity contribution is 5.64. The second kappa shape index (κ2) is 4.87. The van der Waals surface area contributed by atoms with Gasteiger partial charge < -0.3 is 5.32 Å². The lowest BCUT2D eigenvalue weighted by Crippen LogP contribution is -1.95. The normalized spacial score (nSPS) is 10.3. The lowest BCUT2D eigenvalue weighted by Gasteiger charge is -2.06. The molecular weight excluding hydrogens is 232 g/mol. The van der Waals surface area contributed by atoms with E-state index in [1.54, 1.807) is 16.9 Å². The van der Waals surface area contributed by atoms with Crippen LogP contribution in [0.1, 0.15) is 12.5 Å². The van der Waals surface area contributed by atoms with Gasteiger partial charge in [0.1, 0.15) is 0 Å². The summed E-state index contributed by atoms with van der Waals surface area (Å²) in [6, 6.07) is 4.75. The minimum atomic E-state index is -0.403. The van der Waals surface area contributed by atoms with Gasteiger partial charge in [-0.05, 0) is 19.4 Å². The Morgan fingerprint density at radius 3 is 2.89 bits per heavy atom. The van der Waals surface area contributed by atoms with Crippen molar-refractivity contribution in [1.29, 1.82) is 0 Å². The molecule has 1 N–H and O–H groups in total. The Balaban J connectivity index is 2.27. The Hall–Kier alpha value is -2.37. The summed E-state index contributed by atoms with van der Waals surface area (Å²) < 4.78 is 1.79. The van der Waals surface area contributed by atoms with Crippen molar-refractivity contribution in [1.82, 2.24) is 9.78 Å². The van der Waals surface area contributed by atoms with Crippen molar-refractivity contribution < 1.29 is 4.92 Å². The number of nitrogens with zero attached hydrogens (tertiary/aromatic N) is 3. The standard InChI is InChI=1S/C12H14N4O2/c1-3-15-8-10(7-13-15)14-12-6-11(16(17)18)5-4-9(12)2/h4-8,14H,3H2,1-2H3. The fourth-order valence-corrected chi connectivity index (χ4v) is 1.61. The third-order valence-corrected chi connectivity index (χ3v) is 2.67. The molecule has 2 aromatic rings. The molecule has 2 rings (SSSR count). The molecule has 6 nitrogen and oxygen atoms in total. The highest BCUT2D eigenvalue weighted by Gasteiger charge is 2.09. The van der Waals surface area contributed by atoms with Gasteiger partial charge >= 0.3 is 0 Å². The van der Waals surface area contributed by atoms with E-state index in [1.807, 2.05) is 20.0 Å². The first-order chi connectivity index (χ1) is 8.60. The van der Waals surface area contributed by atoms with Gasteiger partial charge in [0, 0.05) is 30.6 Å². The Bertz CT molecular complexity index is 577. The summed E-state index contributed by atoms with van der Waals surface area (Å²) in [5.74, 6) is 0. The molecule has 1 aromatic heterocycles. The number of benzene rings is 1. The van der Waals surface area contributed by atoms with Crippen LogP contribution in [0.15, 0.2) is 30.6 Å². The van der Waals surface area contributed by atoms with Crippen LogP contribution in [0.4, 0.5) is 17.1 Å². The highest BCUT2D eigenvalue weighted by Crippen LogP contribution is 2.24. The molecule has 6 heteroatoms. The van der Waals surface area contributed by atoms with Crippen molar-refractivity contribution in [3.05, 3.63) is 46.3 Å². The number of nitro benzene ring substituents is 1. The zero-order valence-corrected chi connectivity index (χ0v) is 10.3. The molecule has 0 unspecified atom stereocenters. The Morgan fingerprint density at radius 2 is 2.28 bits per heavy atom. The van der Waals surface area contributed by atoms with Crippen molar-refractivity contribution in [2.45, 2.75) is 20.4 Å². The number of nitrogens with one attached hydrogen (secondary N) is 1. The number of hydrogen-bond donors (Lipinski definition) is 1. The molecular formula is C12H14N4O2. The largest absolute Gasteiger partial charge is 0.353 e. The number of aryl methyl sites for hydroxylation is 2. The molecule has 94 valence electrons. The number of hydrogen-bond acceptors (Lipinski definition) is 4. The van der Waals surface area contributed by atoms with Gasteiger partial charge in [-0.15, -0.1) is 0 Å². The van der Waals surface area contributed by atoms with Crippen molar-refractivity contribution in [2.24, 2.45) is 0 Å². The Morgan fingerprint density at radius 1 is 1.50 bits per heavy atom. The van der Waals surface area contributed by atoms with Crippen LogP contribution in [0.5, 0.6) is 0 Å². The molecule has 0 aliphatic carbocycles. The summed E-state index contributed by atoms with van der Waals surface area (Å²) in [6.07, 6.45) is 3.56. The summed E-state index contributed by atoms with van der Waals surface area (Å²) in [7, 11) is 0. The zero-order valence-electron chi connectivity index (χ0n) is 10.3. The van der Waals surface area contributed by atoms with E-state index in [0.717, 1.165) is 23.5 Å². The molecule has 0 radical (unpaired) electrons. The van der Waals surface area contributed by atoms with Crippen LogP contribution in [0.3, 0.4) is 0 Å². The zero-order chi connectivity index (χ0) is 13.1. The molecule has 1 heterocycles. The van der Waals surface area contributed by atoms with E-state index >= 15 is 0 Å². The highest BCUT2D eigenvalue weighted by atomic mass is 16.6. The predicted octanol–water partition coefficient (Wildman–Crippen LogP) is 2.86. The van der Waals surface area contributed by atoms with E-state index in [2.05, 4.69) is 10.4 Å². The van der Waals surface area contributed by atoms with E-state index in [4.69, 9.17) is 0 Å². The Labute approximate surface area is 104 Å². The summed E-state index contributed by atoms with van der Waals surface area (Å²) in [5.41, 5.74) is 2.57. The van der Waals surface area contributed by atoms with E-state index in [0.29, 0.717) is 0 Å². The van der Waals surface area contributed by atoms with Gasteiger partial charge in [-0.3, -0.25) is 14.8 Å². The van der Waals surface area contributed by atoms with Gasteiger partial charge in [-0.2, -0.15) is 5.10 Å². The van der Waals surface area contributed by atoms with Crippen LogP contribution >= 0.6 is 0 Å². The first-order valence-corrected chi connectivity index (χ1v) is 5.64. The molecule has 0 fully saturated rings. The lowest BCUT2D eigenvalue weighted by molar-refractivity contribution is -0.384. The quantitative estimate of drug-likeness (QED) is 0.665. The maximum Gasteiger partial charge on any atom is 0.271 e. The van der Waals surface area contributed by atoms with Gasteiger partial charge in [0.15, 0.2) is 0 Å². The number of nitro groups is 1. The Kier molecular flexibility index (Phi) is 3.27. The van der Waals surface area contributed by atoms with Crippen molar-refractivity contribution >= 4 is 17.1 Å². The van der Waals surface area contributed by atoms with Gasteiger partial charge in [0.05, 0.1) is 16.8 Å². The van der Waals surface area contributed by atoms with E-state index < -0.39 is 4.92 Å². The van der Waals surface area contributed by atoms with Gasteiger partial charge in [-0.25, -0.2) is 0 Å². The lowest BCUT2D eigenvalue weighted by atomic mass is 10.2. The van der Waals surface area contributed by atoms with Gasteiger partial charge in [-0.1, -0.05) is 6.07 Å². The van der Waals surface area contributed by atoms with Crippen LogP contribution in [0, 0.1) is 17.0 Å². The SMILES string of the molecule is CCn1cc(Nc2cc([N+](=O)[O-])ccc2C)cn1. The van der Waals surface area contributed by atoms with Gasteiger partial charge in [0.2, 0.25) is 0 Å². The van der Waals surface area contributed by atoms with E-state index in [9.17, 15) is 10.1 Å². The minimum Gasteiger partial charge on any atom is -0.353 e. The molecule has 0 bridgehead atoms. The topological polar surface area (TPSA) is 73.0 Å². The van der Waals surface area contributed by atoms with Crippen LogP contribution < -0.4 is 5.32 Å². The number of non-ortho nitro benzene ring substituents is 1. The number of anilines is 2. The average molecular weight is 246 g/mol. The summed E-state index contributed by atoms with van der Waals surface area (Å²) >= 11 is 0. The van der Waals surface area contributed by atoms with Crippen LogP contribution in [0.25, 0.3) is 0 Å². The molecule has 0 atom stereocenters. The third kappa shape index (κ3) is 2.48. The van der Waals surface area contributed by atoms with Crippen LogP contribution in [-0.2, 0) is 6.54 Å². The smallest absolute Gasteiger partial charge is 0.271 e. The molecule has 0 aliphatic heterocycles. The second-order valence-electron chi connectivity index (χ2n) is 3.97. The maximum absolute atomic E-state index is 10.7. The molecule has 0 spiro atoms. The number of aromatic nitrogens is 2. The molecule has 0 saturated heterocycles. The fraction of sp³-hybridized carbons (Fsp3) is 0.250. The first-order valence-electron chi connectivity index (χ1n) is 5.64. The summed E-state index contributed by atoms with van der Waals surface area (Å²) in [5, 5.41) is 18.0. The molecule has 0 aliphatic rings. The summed E-state index contributed by atoms with van der Waals surface area (Å²) in [4.78, 5) is 10.3. The van der Waals surface area contributed by atoms with Crippen molar-refractivity contribution in [3.63, 3.8) is 0 Å². The predicted molar refractivity (Wildman–Crippen MR) is 69.0 cm³/mol. The van der Waals surface area contributed by atoms with Gasteiger partial charge in [0.25, 0.3) is 5.69 Å². The fourth-order valence-electron chi connectivity index (χ4n) is 1.61. The molecule has 0 amide bonds. The maximum atomic E-state index is 10.7. The van der Waals surface area contributed by atoms with E-state index in [1.165, 1.54) is 12.1 Å². The third-order valence-electron chi connectivity index (χ3n) is 2.67. The van der Waals surface area contributed by atoms with Crippen molar-refractivity contribution in [3.8, 4) is 0 Å². The second-order valence-corrected chi connectivity index (χ2v) is 3.97. The van der Waals surface area contributed by atoms with Crippen LogP contribution in [-0.4, -0.2) is 14.7 Å². The van der Waals surface area contributed by atoms with Crippen molar-refractivity contribution in [2.75, 3.05) is 5.32 Å². The summed E-state index contributed by atoms with van der Waals surface area (Å²) in [6.45, 7) is 4.68. The average Bonchev–Trinajstić information content (AvgIpc) is 2.79. The van der Waals surface area contributed by atoms with Crippen LogP contribution in [0.2, 0.25) is 0 Å². The monoisotopic (exact) mass is 246 g/mol.